The first kappa shape index (κ1) is 36.3. The fourth-order valence-electron chi connectivity index (χ4n) is 10.5. The zero-order chi connectivity index (χ0) is 35.6. The van der Waals surface area contributed by atoms with Crippen LogP contribution in [0, 0.1) is 23.2 Å². The predicted molar refractivity (Wildman–Crippen MR) is 193 cm³/mol. The highest BCUT2D eigenvalue weighted by Gasteiger charge is 2.64. The Morgan fingerprint density at radius 1 is 0.940 bits per heavy atom. The average molecular weight is 692 g/mol. The summed E-state index contributed by atoms with van der Waals surface area (Å²) >= 11 is 0. The zero-order valence-corrected chi connectivity index (χ0v) is 31.4. The Balaban J connectivity index is 1.27. The van der Waals surface area contributed by atoms with Gasteiger partial charge in [0.25, 0.3) is 0 Å². The van der Waals surface area contributed by atoms with Gasteiger partial charge in [0.05, 0.1) is 18.3 Å². The van der Waals surface area contributed by atoms with Gasteiger partial charge >= 0.3 is 5.97 Å². The van der Waals surface area contributed by atoms with E-state index in [1.54, 1.807) is 0 Å². The number of ether oxygens (including phenoxy) is 4. The third kappa shape index (κ3) is 6.44. The number of aliphatic imine (C=N–C) groups is 1. The van der Waals surface area contributed by atoms with Crippen LogP contribution in [-0.4, -0.2) is 70.0 Å². The van der Waals surface area contributed by atoms with Gasteiger partial charge < -0.3 is 29.2 Å². The van der Waals surface area contributed by atoms with Gasteiger partial charge in [-0.3, -0.25) is 4.99 Å². The molecule has 0 saturated carbocycles. The maximum atomic E-state index is 12.5. The lowest BCUT2D eigenvalue weighted by Gasteiger charge is -2.49. The molecule has 0 aromatic rings. The van der Waals surface area contributed by atoms with Crippen molar-refractivity contribution in [1.29, 1.82) is 0 Å². The molecule has 3 saturated heterocycles. The molecule has 11 atom stereocenters. The molecule has 8 nitrogen and oxygen atoms in total. The Hall–Kier alpha value is -2.10. The van der Waals surface area contributed by atoms with Gasteiger partial charge in [-0.05, 0) is 121 Å². The van der Waals surface area contributed by atoms with Crippen LogP contribution < -0.4 is 0 Å². The van der Waals surface area contributed by atoms with Crippen molar-refractivity contribution >= 4 is 11.7 Å². The molecule has 1 aliphatic carbocycles. The lowest BCUT2D eigenvalue weighted by molar-refractivity contribution is -0.387. The lowest BCUT2D eigenvalue weighted by atomic mass is 9.56. The molecular weight excluding hydrogens is 630 g/mol. The third-order valence-electron chi connectivity index (χ3n) is 14.0. The van der Waals surface area contributed by atoms with Crippen molar-refractivity contribution < 1.29 is 34.0 Å². The Morgan fingerprint density at radius 2 is 1.72 bits per heavy atom. The van der Waals surface area contributed by atoms with Gasteiger partial charge in [0.15, 0.2) is 5.79 Å². The van der Waals surface area contributed by atoms with E-state index in [9.17, 15) is 15.0 Å². The lowest BCUT2D eigenvalue weighted by Crippen LogP contribution is -2.60. The second kappa shape index (κ2) is 13.4. The quantitative estimate of drug-likeness (QED) is 0.213. The molecule has 276 valence electrons. The van der Waals surface area contributed by atoms with Crippen molar-refractivity contribution in [3.63, 3.8) is 0 Å². The van der Waals surface area contributed by atoms with Crippen LogP contribution in [0.25, 0.3) is 0 Å². The number of nitrogens with zero attached hydrogens (tertiary/aromatic N) is 1. The van der Waals surface area contributed by atoms with E-state index in [-0.39, 0.29) is 35.6 Å². The standard InChI is InChI=1S/C42H61NO7/c1-25-9-8-10-37-40(23-28(4)29(5)24-43-37)15-13-33(36-21-27(3)38(45)47-36)30(6)34(40)20-26(2)35(44)22-32-12-16-41(48-32)17-18-42(50-41)39(7,46)14-11-31(19-25)49-42/h20-21,28-29,31-32,34-36,44,46H,1,8-19,22-24H2,2-7H3/b26-20+/t28-,29+,31-,32-,34-,35-,36+,39+,40-,41-,42-/m1/s1. The summed E-state index contributed by atoms with van der Waals surface area (Å²) in [6.45, 7) is 18.0. The molecule has 0 amide bonds. The van der Waals surface area contributed by atoms with Crippen molar-refractivity contribution in [1.82, 2.24) is 0 Å². The number of aliphatic hydroxyl groups excluding tert-OH is 1. The number of esters is 1. The van der Waals surface area contributed by atoms with Crippen molar-refractivity contribution in [3.8, 4) is 0 Å². The van der Waals surface area contributed by atoms with E-state index < -0.39 is 23.3 Å². The van der Waals surface area contributed by atoms with E-state index in [0.717, 1.165) is 69.9 Å². The van der Waals surface area contributed by atoms with Gasteiger partial charge in [0.2, 0.25) is 5.79 Å². The molecule has 7 rings (SSSR count). The Kier molecular flexibility index (Phi) is 9.71. The highest BCUT2D eigenvalue weighted by Crippen LogP contribution is 2.56. The van der Waals surface area contributed by atoms with Gasteiger partial charge in [-0.1, -0.05) is 37.6 Å². The summed E-state index contributed by atoms with van der Waals surface area (Å²) in [6, 6.07) is 0. The van der Waals surface area contributed by atoms with Crippen LogP contribution in [0.3, 0.4) is 0 Å². The van der Waals surface area contributed by atoms with E-state index in [4.69, 9.17) is 23.9 Å². The highest BCUT2D eigenvalue weighted by molar-refractivity contribution is 5.92. The summed E-state index contributed by atoms with van der Waals surface area (Å²) in [7, 11) is 0. The molecule has 50 heavy (non-hydrogen) atoms. The van der Waals surface area contributed by atoms with E-state index >= 15 is 0 Å². The van der Waals surface area contributed by atoms with Crippen molar-refractivity contribution in [2.45, 2.75) is 173 Å². The minimum absolute atomic E-state index is 0.0226. The molecule has 2 N–H and O–H groups in total. The summed E-state index contributed by atoms with van der Waals surface area (Å²) < 4.78 is 26.1. The molecule has 3 spiro atoms. The molecule has 3 fully saturated rings. The van der Waals surface area contributed by atoms with Gasteiger partial charge in [-0.25, -0.2) is 4.79 Å². The topological polar surface area (TPSA) is 107 Å². The van der Waals surface area contributed by atoms with Crippen LogP contribution >= 0.6 is 0 Å². The number of hydrogen-bond acceptors (Lipinski definition) is 8. The van der Waals surface area contributed by atoms with Crippen molar-refractivity contribution in [2.75, 3.05) is 6.54 Å². The normalized spacial score (nSPS) is 47.0. The number of cyclic esters (lactones) is 1. The first-order valence-corrected chi connectivity index (χ1v) is 19.6. The molecule has 0 aromatic carbocycles. The molecule has 0 aromatic heterocycles. The van der Waals surface area contributed by atoms with Crippen LogP contribution in [0.4, 0.5) is 0 Å². The third-order valence-corrected chi connectivity index (χ3v) is 14.0. The minimum Gasteiger partial charge on any atom is -0.450 e. The van der Waals surface area contributed by atoms with Crippen LogP contribution in [0.5, 0.6) is 0 Å². The molecule has 4 bridgehead atoms. The van der Waals surface area contributed by atoms with Crippen molar-refractivity contribution in [2.24, 2.45) is 28.2 Å². The smallest absolute Gasteiger partial charge is 0.334 e. The Morgan fingerprint density at radius 3 is 2.48 bits per heavy atom. The number of fused-ring (bicyclic) bond motifs is 2. The van der Waals surface area contributed by atoms with E-state index in [0.29, 0.717) is 49.5 Å². The highest BCUT2D eigenvalue weighted by atomic mass is 16.8. The van der Waals surface area contributed by atoms with Gasteiger partial charge in [0, 0.05) is 54.8 Å². The van der Waals surface area contributed by atoms with Gasteiger partial charge in [-0.15, -0.1) is 0 Å². The number of aliphatic hydroxyl groups is 2. The maximum absolute atomic E-state index is 12.5. The molecule has 8 heteroatoms. The second-order valence-electron chi connectivity index (χ2n) is 17.5. The van der Waals surface area contributed by atoms with E-state index in [1.165, 1.54) is 22.4 Å². The zero-order valence-electron chi connectivity index (χ0n) is 31.4. The maximum Gasteiger partial charge on any atom is 0.334 e. The Labute approximate surface area is 299 Å². The SMILES string of the molecule is C=C1CCCC2=NC[C@H](C)[C@H](C)C[C@@]23CCC([C@@H]2C=C(C)C(=O)O2)=C(C)[C@H]3/C=C(\C)[C@H](O)C[C@H]2CC[C@@]3(CC[C@@]4(O[C@H](CC[C@]4(C)O)C1)O3)O2. The molecular formula is C42H61NO7. The number of carbonyl (C=O) groups is 1. The van der Waals surface area contributed by atoms with Crippen LogP contribution in [0.15, 0.2) is 51.6 Å². The number of allylic oxidation sites excluding steroid dienone is 2. The molecule has 0 radical (unpaired) electrons. The number of rotatable bonds is 1. The van der Waals surface area contributed by atoms with Gasteiger partial charge in [0.1, 0.15) is 11.7 Å². The molecule has 6 aliphatic heterocycles. The van der Waals surface area contributed by atoms with Crippen LogP contribution in [-0.2, 0) is 23.7 Å². The largest absolute Gasteiger partial charge is 0.450 e. The summed E-state index contributed by atoms with van der Waals surface area (Å²) in [6.07, 6.45) is 14.0. The monoisotopic (exact) mass is 691 g/mol. The summed E-state index contributed by atoms with van der Waals surface area (Å²) in [5.74, 6) is -1.16. The first-order chi connectivity index (χ1) is 23.6. The minimum atomic E-state index is -1.11. The predicted octanol–water partition coefficient (Wildman–Crippen LogP) is 7.83. The molecule has 6 heterocycles. The van der Waals surface area contributed by atoms with Crippen molar-refractivity contribution in [3.05, 3.63) is 46.6 Å². The second-order valence-corrected chi connectivity index (χ2v) is 17.5. The first-order valence-electron chi connectivity index (χ1n) is 19.6. The summed E-state index contributed by atoms with van der Waals surface area (Å²) in [4.78, 5) is 18.0. The van der Waals surface area contributed by atoms with Crippen LogP contribution in [0.1, 0.15) is 131 Å². The average Bonchev–Trinajstić information content (AvgIpc) is 3.71. The number of carbonyl (C=O) groups excluding carboxylic acids is 1. The van der Waals surface area contributed by atoms with Gasteiger partial charge in [-0.2, -0.15) is 0 Å². The van der Waals surface area contributed by atoms with E-state index in [1.807, 2.05) is 19.9 Å². The van der Waals surface area contributed by atoms with Crippen LogP contribution in [0.2, 0.25) is 0 Å². The number of hydrogen-bond donors (Lipinski definition) is 2. The fourth-order valence-corrected chi connectivity index (χ4v) is 10.5. The Bertz CT molecular complexity index is 1510. The fraction of sp³-hybridized carbons (Fsp3) is 0.762. The van der Waals surface area contributed by atoms with E-state index in [2.05, 4.69) is 40.3 Å². The summed E-state index contributed by atoms with van der Waals surface area (Å²) in [5.41, 5.74) is 5.21. The molecule has 0 unspecified atom stereocenters. The molecule has 7 aliphatic rings. The summed E-state index contributed by atoms with van der Waals surface area (Å²) in [5, 5.41) is 23.4.